The maximum atomic E-state index is 13.4. The number of amidine groups is 1. The molecule has 0 aromatic carbocycles. The summed E-state index contributed by atoms with van der Waals surface area (Å²) in [6, 6.07) is -0.454. The first kappa shape index (κ1) is 23.9. The SMILES string of the molecule is C[C@H]1CC(C)(C)C[C@@]2(C1)NC(=O)N(CC(=O)NC1=NC3=C(CCCC3)C3(CCCCC3)S1)C2=O. The molecule has 0 aromatic rings. The van der Waals surface area contributed by atoms with E-state index in [4.69, 9.17) is 4.99 Å². The summed E-state index contributed by atoms with van der Waals surface area (Å²) in [6.07, 6.45) is 12.7. The molecule has 8 heteroatoms. The number of hydrogen-bond donors (Lipinski definition) is 2. The zero-order chi connectivity index (χ0) is 24.1. The van der Waals surface area contributed by atoms with Gasteiger partial charge in [-0.15, -0.1) is 0 Å². The van der Waals surface area contributed by atoms with Gasteiger partial charge < -0.3 is 10.6 Å². The van der Waals surface area contributed by atoms with E-state index in [9.17, 15) is 14.4 Å². The van der Waals surface area contributed by atoms with Crippen LogP contribution in [0.1, 0.15) is 97.8 Å². The Balaban J connectivity index is 1.30. The summed E-state index contributed by atoms with van der Waals surface area (Å²) in [5.74, 6) is -0.272. The first-order valence-electron chi connectivity index (χ1n) is 13.1. The second-order valence-corrected chi connectivity index (χ2v) is 13.4. The van der Waals surface area contributed by atoms with Crippen molar-refractivity contribution in [1.29, 1.82) is 0 Å². The maximum absolute atomic E-state index is 13.4. The van der Waals surface area contributed by atoms with Gasteiger partial charge in [-0.1, -0.05) is 51.8 Å². The number of carbonyl (C=O) groups excluding carboxylic acids is 3. The van der Waals surface area contributed by atoms with Crippen molar-refractivity contribution in [3.8, 4) is 0 Å². The molecule has 2 spiro atoms. The number of thioether (sulfide) groups is 1. The van der Waals surface area contributed by atoms with Gasteiger partial charge in [0.1, 0.15) is 12.1 Å². The number of amides is 4. The van der Waals surface area contributed by atoms with Crippen molar-refractivity contribution < 1.29 is 14.4 Å². The van der Waals surface area contributed by atoms with Crippen LogP contribution in [0.25, 0.3) is 0 Å². The first-order valence-corrected chi connectivity index (χ1v) is 13.9. The smallest absolute Gasteiger partial charge is 0.323 e. The highest BCUT2D eigenvalue weighted by atomic mass is 32.2. The van der Waals surface area contributed by atoms with Crippen LogP contribution >= 0.6 is 11.8 Å². The van der Waals surface area contributed by atoms with Gasteiger partial charge in [0.15, 0.2) is 5.17 Å². The van der Waals surface area contributed by atoms with Gasteiger partial charge >= 0.3 is 6.03 Å². The summed E-state index contributed by atoms with van der Waals surface area (Å²) < 4.78 is 0.0626. The average Bonchev–Trinajstić information content (AvgIpc) is 2.96. The number of aliphatic imine (C=N–C) groups is 1. The molecule has 0 unspecified atom stereocenters. The molecular formula is C26H38N4O3S. The number of imide groups is 1. The van der Waals surface area contributed by atoms with Crippen molar-refractivity contribution in [2.45, 2.75) is 108 Å². The number of nitrogens with one attached hydrogen (secondary N) is 2. The van der Waals surface area contributed by atoms with Crippen LogP contribution in [-0.4, -0.2) is 44.7 Å². The minimum Gasteiger partial charge on any atom is -0.323 e. The largest absolute Gasteiger partial charge is 0.325 e. The number of nitrogens with zero attached hydrogens (tertiary/aromatic N) is 2. The van der Waals surface area contributed by atoms with Crippen LogP contribution in [-0.2, 0) is 9.59 Å². The summed E-state index contributed by atoms with van der Waals surface area (Å²) in [4.78, 5) is 45.2. The zero-order valence-corrected chi connectivity index (χ0v) is 21.6. The van der Waals surface area contributed by atoms with Gasteiger partial charge in [-0.05, 0) is 74.7 Å². The van der Waals surface area contributed by atoms with E-state index in [2.05, 4.69) is 31.4 Å². The van der Waals surface area contributed by atoms with Crippen molar-refractivity contribution in [2.75, 3.05) is 6.54 Å². The molecule has 1 saturated heterocycles. The molecule has 0 bridgehead atoms. The molecule has 2 atom stereocenters. The number of carbonyl (C=O) groups is 3. The normalized spacial score (nSPS) is 32.5. The van der Waals surface area contributed by atoms with E-state index in [1.165, 1.54) is 31.3 Å². The van der Waals surface area contributed by atoms with E-state index in [-0.39, 0.29) is 28.5 Å². The van der Waals surface area contributed by atoms with Gasteiger partial charge in [-0.3, -0.25) is 14.5 Å². The zero-order valence-electron chi connectivity index (χ0n) is 20.8. The van der Waals surface area contributed by atoms with Gasteiger partial charge in [0, 0.05) is 10.4 Å². The fraction of sp³-hybridized carbons (Fsp3) is 0.769. The lowest BCUT2D eigenvalue weighted by Crippen LogP contribution is -2.54. The third-order valence-electron chi connectivity index (χ3n) is 8.35. The maximum Gasteiger partial charge on any atom is 0.325 e. The lowest BCUT2D eigenvalue weighted by molar-refractivity contribution is -0.137. The Morgan fingerprint density at radius 2 is 1.85 bits per heavy atom. The molecule has 7 nitrogen and oxygen atoms in total. The number of fused-ring (bicyclic) bond motifs is 1. The first-order chi connectivity index (χ1) is 16.1. The van der Waals surface area contributed by atoms with E-state index in [0.717, 1.165) is 49.1 Å². The molecule has 2 N–H and O–H groups in total. The lowest BCUT2D eigenvalue weighted by Gasteiger charge is -2.44. The Morgan fingerprint density at radius 1 is 1.12 bits per heavy atom. The third-order valence-corrected chi connectivity index (χ3v) is 9.78. The third kappa shape index (κ3) is 4.31. The van der Waals surface area contributed by atoms with Gasteiger partial charge in [0.05, 0.1) is 0 Å². The molecule has 0 radical (unpaired) electrons. The second kappa shape index (κ2) is 8.68. The Hall–Kier alpha value is -1.83. The fourth-order valence-electron chi connectivity index (χ4n) is 7.43. The molecule has 2 aliphatic heterocycles. The topological polar surface area (TPSA) is 90.9 Å². The minimum atomic E-state index is -0.885. The number of hydrogen-bond acceptors (Lipinski definition) is 5. The van der Waals surface area contributed by atoms with Crippen LogP contribution in [0.2, 0.25) is 0 Å². The Kier molecular flexibility index (Phi) is 6.10. The van der Waals surface area contributed by atoms with Gasteiger partial charge in [-0.25, -0.2) is 9.79 Å². The summed E-state index contributed by atoms with van der Waals surface area (Å²) >= 11 is 1.71. The molecular weight excluding hydrogens is 448 g/mol. The fourth-order valence-corrected chi connectivity index (χ4v) is 8.95. The molecule has 5 aliphatic rings. The quantitative estimate of drug-likeness (QED) is 0.545. The molecule has 186 valence electrons. The van der Waals surface area contributed by atoms with Crippen molar-refractivity contribution in [2.24, 2.45) is 16.3 Å². The molecule has 2 saturated carbocycles. The standard InChI is InChI=1S/C26H38N4O3S/c1-17-13-24(2,3)16-25(14-17)21(32)30(23(33)29-25)15-20(31)28-22-27-19-10-6-5-9-18(19)26(34-22)11-7-4-8-12-26/h17H,4-16H2,1-3H3,(H,29,33)(H,27,28,31)/t17-,25+/m0/s1. The van der Waals surface area contributed by atoms with E-state index in [1.807, 2.05) is 0 Å². The second-order valence-electron chi connectivity index (χ2n) is 12.0. The summed E-state index contributed by atoms with van der Waals surface area (Å²) in [7, 11) is 0. The molecule has 0 aromatic heterocycles. The molecule has 4 amide bonds. The summed E-state index contributed by atoms with van der Waals surface area (Å²) in [6.45, 7) is 6.16. The summed E-state index contributed by atoms with van der Waals surface area (Å²) in [5.41, 5.74) is 1.75. The van der Waals surface area contributed by atoms with Crippen molar-refractivity contribution in [1.82, 2.24) is 15.5 Å². The van der Waals surface area contributed by atoms with Crippen LogP contribution in [0, 0.1) is 11.3 Å². The van der Waals surface area contributed by atoms with Gasteiger partial charge in [-0.2, -0.15) is 0 Å². The molecule has 5 rings (SSSR count). The predicted octanol–water partition coefficient (Wildman–Crippen LogP) is 4.87. The lowest BCUT2D eigenvalue weighted by atomic mass is 9.64. The highest BCUT2D eigenvalue weighted by Crippen LogP contribution is 2.52. The van der Waals surface area contributed by atoms with Crippen LogP contribution in [0.3, 0.4) is 0 Å². The molecule has 2 heterocycles. The predicted molar refractivity (Wildman–Crippen MR) is 134 cm³/mol. The minimum absolute atomic E-state index is 0.0356. The number of urea groups is 1. The van der Waals surface area contributed by atoms with Crippen LogP contribution in [0.5, 0.6) is 0 Å². The van der Waals surface area contributed by atoms with Gasteiger partial charge in [0.2, 0.25) is 5.91 Å². The van der Waals surface area contributed by atoms with E-state index in [0.29, 0.717) is 23.9 Å². The van der Waals surface area contributed by atoms with Crippen LogP contribution < -0.4 is 10.6 Å². The average molecular weight is 487 g/mol. The van der Waals surface area contributed by atoms with Crippen molar-refractivity contribution >= 4 is 34.8 Å². The number of rotatable bonds is 2. The highest BCUT2D eigenvalue weighted by Gasteiger charge is 2.56. The van der Waals surface area contributed by atoms with E-state index >= 15 is 0 Å². The van der Waals surface area contributed by atoms with Gasteiger partial charge in [0.25, 0.3) is 5.91 Å². The molecule has 3 aliphatic carbocycles. The Morgan fingerprint density at radius 3 is 2.59 bits per heavy atom. The van der Waals surface area contributed by atoms with E-state index in [1.54, 1.807) is 11.8 Å². The molecule has 3 fully saturated rings. The molecule has 34 heavy (non-hydrogen) atoms. The number of allylic oxidation sites excluding steroid dienone is 1. The van der Waals surface area contributed by atoms with E-state index < -0.39 is 11.6 Å². The van der Waals surface area contributed by atoms with Crippen LogP contribution in [0.15, 0.2) is 16.3 Å². The monoisotopic (exact) mass is 486 g/mol. The Bertz CT molecular complexity index is 965. The van der Waals surface area contributed by atoms with Crippen LogP contribution in [0.4, 0.5) is 4.79 Å². The summed E-state index contributed by atoms with van der Waals surface area (Å²) in [5, 5.41) is 6.58. The van der Waals surface area contributed by atoms with Crippen molar-refractivity contribution in [3.63, 3.8) is 0 Å². The Labute approximate surface area is 207 Å². The highest BCUT2D eigenvalue weighted by molar-refractivity contribution is 8.15. The van der Waals surface area contributed by atoms with Crippen molar-refractivity contribution in [3.05, 3.63) is 11.3 Å².